The van der Waals surface area contributed by atoms with E-state index in [1.165, 1.54) is 34.9 Å². The van der Waals surface area contributed by atoms with E-state index in [1.807, 2.05) is 12.1 Å². The van der Waals surface area contributed by atoms with Gasteiger partial charge in [-0.2, -0.15) is 0 Å². The number of hydrogen-bond acceptors (Lipinski definition) is 3. The van der Waals surface area contributed by atoms with Crippen LogP contribution < -0.4 is 10.9 Å². The fraction of sp³-hybridized carbons (Fsp3) is 0.316. The van der Waals surface area contributed by atoms with Crippen molar-refractivity contribution in [2.45, 2.75) is 26.3 Å². The molecule has 0 saturated heterocycles. The van der Waals surface area contributed by atoms with Gasteiger partial charge in [0.2, 0.25) is 0 Å². The summed E-state index contributed by atoms with van der Waals surface area (Å²) in [6.45, 7) is 4.44. The van der Waals surface area contributed by atoms with Crippen LogP contribution in [0.4, 0.5) is 4.79 Å². The summed E-state index contributed by atoms with van der Waals surface area (Å²) >= 11 is 0. The molecule has 2 aromatic carbocycles. The lowest BCUT2D eigenvalue weighted by Gasteiger charge is -2.17. The zero-order valence-electron chi connectivity index (χ0n) is 13.7. The van der Waals surface area contributed by atoms with Crippen molar-refractivity contribution in [2.75, 3.05) is 7.11 Å². The molecule has 1 amide bonds. The smallest absolute Gasteiger partial charge is 0.421 e. The lowest BCUT2D eigenvalue weighted by molar-refractivity contribution is 0.164. The molecule has 0 spiro atoms. The van der Waals surface area contributed by atoms with Gasteiger partial charge in [-0.25, -0.2) is 10.2 Å². The molecule has 3 rings (SSSR count). The molecule has 0 aliphatic heterocycles. The van der Waals surface area contributed by atoms with Crippen LogP contribution in [0.2, 0.25) is 0 Å². The molecule has 1 aliphatic carbocycles. The Balaban J connectivity index is 1.97. The second-order valence-corrected chi connectivity index (χ2v) is 6.30. The Labute approximate surface area is 136 Å². The van der Waals surface area contributed by atoms with Crippen molar-refractivity contribution in [3.63, 3.8) is 0 Å². The summed E-state index contributed by atoms with van der Waals surface area (Å²) in [7, 11) is 1.36. The zero-order chi connectivity index (χ0) is 16.4. The number of amides is 1. The molecule has 2 N–H and O–H groups in total. The number of carbonyl (C=O) groups excluding carboxylic acids is 1. The summed E-state index contributed by atoms with van der Waals surface area (Å²) in [5.41, 5.74) is 11.8. The van der Waals surface area contributed by atoms with Crippen LogP contribution >= 0.6 is 0 Å². The van der Waals surface area contributed by atoms with Crippen molar-refractivity contribution in [2.24, 2.45) is 5.92 Å². The Morgan fingerprint density at radius 3 is 2.61 bits per heavy atom. The summed E-state index contributed by atoms with van der Waals surface area (Å²) in [5.74, 6) is 0.608. The van der Waals surface area contributed by atoms with Crippen LogP contribution in [0, 0.1) is 5.92 Å². The van der Waals surface area contributed by atoms with Crippen LogP contribution in [-0.4, -0.2) is 13.2 Å². The highest BCUT2D eigenvalue weighted by Crippen LogP contribution is 2.43. The van der Waals surface area contributed by atoms with E-state index < -0.39 is 6.09 Å². The van der Waals surface area contributed by atoms with Gasteiger partial charge in [-0.3, -0.25) is 5.43 Å². The lowest BCUT2D eigenvalue weighted by Crippen LogP contribution is -2.39. The fourth-order valence-electron chi connectivity index (χ4n) is 3.19. The Hall–Kier alpha value is -2.33. The molecule has 1 aliphatic rings. The summed E-state index contributed by atoms with van der Waals surface area (Å²) in [6, 6.07) is 14.8. The summed E-state index contributed by atoms with van der Waals surface area (Å²) in [6.07, 6.45) is 0.551. The second kappa shape index (κ2) is 6.42. The normalized spacial score (nSPS) is 15.2. The van der Waals surface area contributed by atoms with Gasteiger partial charge >= 0.3 is 6.09 Å². The van der Waals surface area contributed by atoms with Gasteiger partial charge < -0.3 is 4.74 Å². The van der Waals surface area contributed by atoms with Crippen molar-refractivity contribution < 1.29 is 9.53 Å². The van der Waals surface area contributed by atoms with Crippen LogP contribution in [0.3, 0.4) is 0 Å². The average Bonchev–Trinajstić information content (AvgIpc) is 2.85. The van der Waals surface area contributed by atoms with E-state index in [-0.39, 0.29) is 6.04 Å². The molecule has 120 valence electrons. The first-order valence-electron chi connectivity index (χ1n) is 7.91. The largest absolute Gasteiger partial charge is 0.452 e. The highest BCUT2D eigenvalue weighted by molar-refractivity contribution is 5.79. The number of methoxy groups -OCH3 is 1. The Morgan fingerprint density at radius 1 is 1.13 bits per heavy atom. The number of fused-ring (bicyclic) bond motifs is 3. The van der Waals surface area contributed by atoms with Crippen LogP contribution in [0.5, 0.6) is 0 Å². The molecule has 4 heteroatoms. The van der Waals surface area contributed by atoms with Gasteiger partial charge in [0.05, 0.1) is 13.2 Å². The van der Waals surface area contributed by atoms with Crippen molar-refractivity contribution in [1.29, 1.82) is 0 Å². The number of benzene rings is 2. The molecule has 2 aromatic rings. The minimum absolute atomic E-state index is 0.0626. The molecule has 1 atom stereocenters. The van der Waals surface area contributed by atoms with E-state index in [9.17, 15) is 4.79 Å². The number of ether oxygens (including phenoxy) is 1. The maximum absolute atomic E-state index is 11.4. The van der Waals surface area contributed by atoms with Crippen LogP contribution in [0.15, 0.2) is 42.5 Å². The van der Waals surface area contributed by atoms with E-state index in [4.69, 9.17) is 0 Å². The first-order valence-corrected chi connectivity index (χ1v) is 7.91. The van der Waals surface area contributed by atoms with Crippen molar-refractivity contribution >= 4 is 6.09 Å². The number of nitrogens with one attached hydrogen (secondary N) is 2. The van der Waals surface area contributed by atoms with E-state index in [0.717, 1.165) is 6.42 Å². The average molecular weight is 310 g/mol. The summed E-state index contributed by atoms with van der Waals surface area (Å²) in [4.78, 5) is 11.4. The first kappa shape index (κ1) is 15.6. The number of hydrogen-bond donors (Lipinski definition) is 2. The summed E-state index contributed by atoms with van der Waals surface area (Å²) < 4.78 is 4.65. The maximum Gasteiger partial charge on any atom is 0.421 e. The zero-order valence-corrected chi connectivity index (χ0v) is 13.7. The molecule has 0 radical (unpaired) electrons. The fourth-order valence-corrected chi connectivity index (χ4v) is 3.19. The standard InChI is InChI=1S/C19H22N2O2/c1-12(2)10-13-8-9-15-14-6-4-5-7-16(14)18(17(15)11-13)20-21-19(22)23-3/h4-9,11-12,18,20H,10H2,1-3H3,(H,21,22). The number of hydrazine groups is 1. The second-order valence-electron chi connectivity index (χ2n) is 6.30. The molecule has 1 unspecified atom stereocenters. The SMILES string of the molecule is COC(=O)NNC1c2ccccc2-c2ccc(CC(C)C)cc21. The van der Waals surface area contributed by atoms with Crippen LogP contribution in [0.1, 0.15) is 36.6 Å². The van der Waals surface area contributed by atoms with E-state index in [1.54, 1.807) is 0 Å². The third kappa shape index (κ3) is 3.08. The molecule has 0 fully saturated rings. The van der Waals surface area contributed by atoms with E-state index >= 15 is 0 Å². The Kier molecular flexibility index (Phi) is 4.35. The van der Waals surface area contributed by atoms with Crippen molar-refractivity contribution in [3.05, 3.63) is 59.2 Å². The first-order chi connectivity index (χ1) is 11.1. The van der Waals surface area contributed by atoms with Gasteiger partial charge in [0, 0.05) is 0 Å². The minimum atomic E-state index is -0.491. The van der Waals surface area contributed by atoms with Gasteiger partial charge in [-0.05, 0) is 40.2 Å². The summed E-state index contributed by atoms with van der Waals surface area (Å²) in [5, 5.41) is 0. The van der Waals surface area contributed by atoms with Crippen LogP contribution in [-0.2, 0) is 11.2 Å². The maximum atomic E-state index is 11.4. The van der Waals surface area contributed by atoms with Crippen molar-refractivity contribution in [3.8, 4) is 11.1 Å². The quantitative estimate of drug-likeness (QED) is 0.844. The van der Waals surface area contributed by atoms with Gasteiger partial charge in [0.25, 0.3) is 0 Å². The monoisotopic (exact) mass is 310 g/mol. The van der Waals surface area contributed by atoms with Crippen molar-refractivity contribution in [1.82, 2.24) is 10.9 Å². The molecule has 23 heavy (non-hydrogen) atoms. The van der Waals surface area contributed by atoms with Gasteiger partial charge in [0.1, 0.15) is 0 Å². The predicted molar refractivity (Wildman–Crippen MR) is 90.9 cm³/mol. The molecule has 0 saturated carbocycles. The lowest BCUT2D eigenvalue weighted by atomic mass is 9.97. The van der Waals surface area contributed by atoms with E-state index in [2.05, 4.69) is 59.8 Å². The highest BCUT2D eigenvalue weighted by Gasteiger charge is 2.28. The Bertz CT molecular complexity index is 725. The minimum Gasteiger partial charge on any atom is -0.452 e. The molecular formula is C19H22N2O2. The van der Waals surface area contributed by atoms with Gasteiger partial charge in [-0.1, -0.05) is 56.3 Å². The molecule has 0 heterocycles. The number of carbonyl (C=O) groups is 1. The van der Waals surface area contributed by atoms with Gasteiger partial charge in [0.15, 0.2) is 0 Å². The molecule has 0 aromatic heterocycles. The highest BCUT2D eigenvalue weighted by atomic mass is 16.5. The van der Waals surface area contributed by atoms with Gasteiger partial charge in [-0.15, -0.1) is 0 Å². The predicted octanol–water partition coefficient (Wildman–Crippen LogP) is 3.82. The Morgan fingerprint density at radius 2 is 1.87 bits per heavy atom. The topological polar surface area (TPSA) is 50.4 Å². The van der Waals surface area contributed by atoms with Crippen LogP contribution in [0.25, 0.3) is 11.1 Å². The molecule has 0 bridgehead atoms. The number of rotatable bonds is 4. The van der Waals surface area contributed by atoms with E-state index in [0.29, 0.717) is 5.92 Å². The molecule has 4 nitrogen and oxygen atoms in total. The third-order valence-corrected chi connectivity index (χ3v) is 4.14. The molecular weight excluding hydrogens is 288 g/mol. The third-order valence-electron chi connectivity index (χ3n) is 4.14.